The lowest BCUT2D eigenvalue weighted by atomic mass is 9.82. The number of hydrogen-bond acceptors (Lipinski definition) is 1. The second kappa shape index (κ2) is 9.49. The van der Waals surface area contributed by atoms with Gasteiger partial charge in [0.25, 0.3) is 0 Å². The average molecular weight is 560 g/mol. The van der Waals surface area contributed by atoms with E-state index in [1.54, 1.807) is 0 Å². The van der Waals surface area contributed by atoms with Crippen LogP contribution in [0, 0.1) is 13.8 Å². The summed E-state index contributed by atoms with van der Waals surface area (Å²) in [6.45, 7) is 4.27. The van der Waals surface area contributed by atoms with Crippen molar-refractivity contribution in [3.05, 3.63) is 151 Å². The summed E-state index contributed by atoms with van der Waals surface area (Å²) in [5.74, 6) is 0. The Bertz CT molecular complexity index is 2440. The van der Waals surface area contributed by atoms with E-state index < -0.39 is 0 Å². The zero-order chi connectivity index (χ0) is 29.4. The molecule has 0 aliphatic heterocycles. The minimum atomic E-state index is 1.06. The molecule has 0 saturated carbocycles. The van der Waals surface area contributed by atoms with Crippen LogP contribution in [0.3, 0.4) is 0 Å². The summed E-state index contributed by atoms with van der Waals surface area (Å²) in [4.78, 5) is 5.03. The van der Waals surface area contributed by atoms with Crippen molar-refractivity contribution in [2.45, 2.75) is 13.8 Å². The molecule has 0 N–H and O–H groups in total. The fraction of sp³-hybridized carbons (Fsp3) is 0.0465. The summed E-state index contributed by atoms with van der Waals surface area (Å²) in [6.07, 6.45) is 0. The molecule has 1 aromatic heterocycles. The first-order valence-corrected chi connectivity index (χ1v) is 15.3. The van der Waals surface area contributed by atoms with E-state index in [1.807, 2.05) is 0 Å². The summed E-state index contributed by atoms with van der Waals surface area (Å²) >= 11 is 0. The fourth-order valence-corrected chi connectivity index (χ4v) is 7.71. The van der Waals surface area contributed by atoms with Crippen LogP contribution >= 0.6 is 0 Å². The number of aryl methyl sites for hydroxylation is 2. The zero-order valence-corrected chi connectivity index (χ0v) is 24.7. The molecule has 0 amide bonds. The van der Waals surface area contributed by atoms with Crippen molar-refractivity contribution >= 4 is 32.3 Å². The average Bonchev–Trinajstić information content (AvgIpc) is 3.39. The van der Waals surface area contributed by atoms with E-state index in [4.69, 9.17) is 4.98 Å². The van der Waals surface area contributed by atoms with Gasteiger partial charge in [-0.2, -0.15) is 0 Å². The number of benzene rings is 7. The first-order chi connectivity index (χ1) is 21.7. The van der Waals surface area contributed by atoms with E-state index in [0.717, 1.165) is 11.4 Å². The first kappa shape index (κ1) is 25.0. The van der Waals surface area contributed by atoms with Gasteiger partial charge in [0.2, 0.25) is 0 Å². The molecule has 44 heavy (non-hydrogen) atoms. The van der Waals surface area contributed by atoms with Crippen molar-refractivity contribution in [2.75, 3.05) is 0 Å². The molecule has 0 atom stereocenters. The number of aromatic nitrogens is 1. The zero-order valence-electron chi connectivity index (χ0n) is 24.7. The predicted molar refractivity (Wildman–Crippen MR) is 187 cm³/mol. The molecular weight excluding hydrogens is 530 g/mol. The predicted octanol–water partition coefficient (Wildman–Crippen LogP) is 11.8. The maximum atomic E-state index is 5.03. The van der Waals surface area contributed by atoms with Crippen LogP contribution in [-0.2, 0) is 0 Å². The van der Waals surface area contributed by atoms with E-state index >= 15 is 0 Å². The normalized spacial score (nSPS) is 11.9. The van der Waals surface area contributed by atoms with E-state index in [-0.39, 0.29) is 0 Å². The van der Waals surface area contributed by atoms with Crippen LogP contribution in [0.5, 0.6) is 0 Å². The lowest BCUT2D eigenvalue weighted by Crippen LogP contribution is -1.95. The summed E-state index contributed by atoms with van der Waals surface area (Å²) in [6, 6.07) is 51.2. The standard InChI is InChI=1S/C43H29N/c1-26-32-19-9-10-20-33(32)38(27(2)44-26)31-24-30-18-13-23-36-39(30)37(25-31)43-41(29-16-7-4-8-17-29)35-22-12-11-21-34(35)40(42(36)43)28-14-5-3-6-15-28/h3-25H,1-2H3. The Morgan fingerprint density at radius 1 is 0.364 bits per heavy atom. The number of hydrogen-bond donors (Lipinski definition) is 0. The number of rotatable bonds is 3. The third-order valence-electron chi connectivity index (χ3n) is 9.43. The van der Waals surface area contributed by atoms with Crippen molar-refractivity contribution < 1.29 is 0 Å². The Balaban J connectivity index is 1.48. The first-order valence-electron chi connectivity index (χ1n) is 15.3. The molecule has 206 valence electrons. The van der Waals surface area contributed by atoms with Gasteiger partial charge in [-0.25, -0.2) is 0 Å². The van der Waals surface area contributed by atoms with E-state index in [9.17, 15) is 0 Å². The molecule has 8 aromatic rings. The molecule has 0 unspecified atom stereocenters. The van der Waals surface area contributed by atoms with Crippen molar-refractivity contribution in [1.29, 1.82) is 0 Å². The van der Waals surface area contributed by atoms with Gasteiger partial charge in [0.1, 0.15) is 0 Å². The molecule has 0 radical (unpaired) electrons. The molecule has 0 fully saturated rings. The third-order valence-corrected chi connectivity index (χ3v) is 9.43. The van der Waals surface area contributed by atoms with Crippen molar-refractivity contribution in [2.24, 2.45) is 0 Å². The van der Waals surface area contributed by atoms with Gasteiger partial charge in [0.05, 0.1) is 0 Å². The largest absolute Gasteiger partial charge is 0.257 e. The minimum absolute atomic E-state index is 1.06. The molecule has 1 nitrogen and oxygen atoms in total. The lowest BCUT2D eigenvalue weighted by molar-refractivity contribution is 1.15. The molecule has 1 aliphatic carbocycles. The maximum Gasteiger partial charge on any atom is 0.0460 e. The van der Waals surface area contributed by atoms with Crippen LogP contribution < -0.4 is 0 Å². The van der Waals surface area contributed by atoms with Gasteiger partial charge in [-0.1, -0.05) is 127 Å². The smallest absolute Gasteiger partial charge is 0.0460 e. The summed E-state index contributed by atoms with van der Waals surface area (Å²) in [7, 11) is 0. The highest BCUT2D eigenvalue weighted by atomic mass is 14.7. The van der Waals surface area contributed by atoms with E-state index in [2.05, 4.69) is 153 Å². The number of nitrogens with zero attached hydrogens (tertiary/aromatic N) is 1. The van der Waals surface area contributed by atoms with Crippen molar-refractivity contribution in [3.63, 3.8) is 0 Å². The highest BCUT2D eigenvalue weighted by Gasteiger charge is 2.31. The number of pyridine rings is 1. The van der Waals surface area contributed by atoms with Gasteiger partial charge in [-0.3, -0.25) is 4.98 Å². The van der Waals surface area contributed by atoms with Crippen LogP contribution in [0.1, 0.15) is 11.4 Å². The molecule has 1 heteroatoms. The quantitative estimate of drug-likeness (QED) is 0.210. The summed E-state index contributed by atoms with van der Waals surface area (Å²) in [5, 5.41) is 7.62. The second-order valence-electron chi connectivity index (χ2n) is 11.9. The van der Waals surface area contributed by atoms with Crippen LogP contribution in [0.2, 0.25) is 0 Å². The molecule has 0 spiro atoms. The van der Waals surface area contributed by atoms with Crippen molar-refractivity contribution in [1.82, 2.24) is 4.98 Å². The van der Waals surface area contributed by atoms with Gasteiger partial charge in [0, 0.05) is 22.3 Å². The maximum absolute atomic E-state index is 5.03. The summed E-state index contributed by atoms with van der Waals surface area (Å²) in [5.41, 5.74) is 14.9. The van der Waals surface area contributed by atoms with E-state index in [1.165, 1.54) is 88.0 Å². The van der Waals surface area contributed by atoms with Gasteiger partial charge >= 0.3 is 0 Å². The molecule has 9 rings (SSSR count). The SMILES string of the molecule is Cc1nc(C)c2ccccc2c1-c1cc2c3c(cccc3c1)-c1c-2c(-c2ccccc2)c2ccccc2c1-c1ccccc1. The Labute approximate surface area is 257 Å². The van der Waals surface area contributed by atoms with Crippen LogP contribution in [0.15, 0.2) is 140 Å². The van der Waals surface area contributed by atoms with Gasteiger partial charge in [0.15, 0.2) is 0 Å². The third kappa shape index (κ3) is 3.50. The highest BCUT2D eigenvalue weighted by Crippen LogP contribution is 2.58. The Kier molecular flexibility index (Phi) is 5.39. The van der Waals surface area contributed by atoms with Gasteiger partial charge < -0.3 is 0 Å². The minimum Gasteiger partial charge on any atom is -0.257 e. The van der Waals surface area contributed by atoms with E-state index in [0.29, 0.717) is 0 Å². The highest BCUT2D eigenvalue weighted by molar-refractivity contribution is 6.28. The monoisotopic (exact) mass is 559 g/mol. The Morgan fingerprint density at radius 2 is 0.886 bits per heavy atom. The molecule has 0 bridgehead atoms. The Morgan fingerprint density at radius 3 is 1.50 bits per heavy atom. The lowest BCUT2D eigenvalue weighted by Gasteiger charge is -2.20. The molecule has 1 aliphatic rings. The molecule has 7 aromatic carbocycles. The Hall–Kier alpha value is -5.53. The van der Waals surface area contributed by atoms with Crippen LogP contribution in [0.4, 0.5) is 0 Å². The van der Waals surface area contributed by atoms with Crippen LogP contribution in [-0.4, -0.2) is 4.98 Å². The molecular formula is C43H29N. The van der Waals surface area contributed by atoms with Crippen molar-refractivity contribution in [3.8, 4) is 55.6 Å². The summed E-state index contributed by atoms with van der Waals surface area (Å²) < 4.78 is 0. The van der Waals surface area contributed by atoms with Crippen LogP contribution in [0.25, 0.3) is 88.0 Å². The fourth-order valence-electron chi connectivity index (χ4n) is 7.71. The number of fused-ring (bicyclic) bond motifs is 5. The second-order valence-corrected chi connectivity index (χ2v) is 11.9. The van der Waals surface area contributed by atoms with Gasteiger partial charge in [-0.15, -0.1) is 0 Å². The molecule has 0 saturated heterocycles. The van der Waals surface area contributed by atoms with Gasteiger partial charge in [-0.05, 0) is 103 Å². The molecule has 1 heterocycles. The topological polar surface area (TPSA) is 12.9 Å².